The van der Waals surface area contributed by atoms with Crippen molar-refractivity contribution in [2.24, 2.45) is 0 Å². The first-order chi connectivity index (χ1) is 13.9. The van der Waals surface area contributed by atoms with Crippen molar-refractivity contribution in [2.75, 3.05) is 11.9 Å². The Kier molecular flexibility index (Phi) is 7.37. The lowest BCUT2D eigenvalue weighted by Gasteiger charge is -2.24. The SMILES string of the molecule is O=C(Nc1ccc(Cl)cc1)N(CCc1ccc(Cl)cc1Cl)Cc1ccccc1F. The molecular formula is C22H18Cl3FN2O. The highest BCUT2D eigenvalue weighted by atomic mass is 35.5. The average molecular weight is 452 g/mol. The molecule has 0 aliphatic heterocycles. The Balaban J connectivity index is 1.77. The Morgan fingerprint density at radius 3 is 2.28 bits per heavy atom. The second-order valence-corrected chi connectivity index (χ2v) is 7.72. The molecule has 0 aliphatic carbocycles. The van der Waals surface area contributed by atoms with Gasteiger partial charge in [-0.25, -0.2) is 9.18 Å². The number of hydrogen-bond donors (Lipinski definition) is 1. The molecule has 1 N–H and O–H groups in total. The summed E-state index contributed by atoms with van der Waals surface area (Å²) in [4.78, 5) is 14.4. The predicted molar refractivity (Wildman–Crippen MR) is 117 cm³/mol. The van der Waals surface area contributed by atoms with Gasteiger partial charge in [0.2, 0.25) is 0 Å². The highest BCUT2D eigenvalue weighted by Crippen LogP contribution is 2.22. The van der Waals surface area contributed by atoms with Crippen LogP contribution in [0.3, 0.4) is 0 Å². The summed E-state index contributed by atoms with van der Waals surface area (Å²) in [6.07, 6.45) is 0.499. The number of anilines is 1. The number of rotatable bonds is 6. The lowest BCUT2D eigenvalue weighted by atomic mass is 10.1. The summed E-state index contributed by atoms with van der Waals surface area (Å²) in [7, 11) is 0. The molecule has 3 aromatic rings. The third kappa shape index (κ3) is 6.10. The van der Waals surface area contributed by atoms with Crippen LogP contribution in [0.4, 0.5) is 14.9 Å². The van der Waals surface area contributed by atoms with Crippen LogP contribution in [-0.2, 0) is 13.0 Å². The molecule has 3 rings (SSSR count). The van der Waals surface area contributed by atoms with Gasteiger partial charge in [0.1, 0.15) is 5.82 Å². The third-order valence-corrected chi connectivity index (χ3v) is 5.21. The number of amides is 2. The van der Waals surface area contributed by atoms with Crippen molar-refractivity contribution in [1.29, 1.82) is 0 Å². The van der Waals surface area contributed by atoms with E-state index in [9.17, 15) is 9.18 Å². The fourth-order valence-electron chi connectivity index (χ4n) is 2.80. The fraction of sp³-hybridized carbons (Fsp3) is 0.136. The molecule has 0 radical (unpaired) electrons. The summed E-state index contributed by atoms with van der Waals surface area (Å²) in [5.74, 6) is -0.360. The van der Waals surface area contributed by atoms with E-state index in [1.807, 2.05) is 6.07 Å². The van der Waals surface area contributed by atoms with Gasteiger partial charge >= 0.3 is 6.03 Å². The minimum absolute atomic E-state index is 0.122. The minimum atomic E-state index is -0.360. The molecule has 150 valence electrons. The van der Waals surface area contributed by atoms with Gasteiger partial charge in [-0.15, -0.1) is 0 Å². The Morgan fingerprint density at radius 1 is 0.897 bits per heavy atom. The Morgan fingerprint density at radius 2 is 1.59 bits per heavy atom. The molecule has 0 bridgehead atoms. The molecule has 29 heavy (non-hydrogen) atoms. The van der Waals surface area contributed by atoms with Gasteiger partial charge in [0, 0.05) is 32.9 Å². The van der Waals surface area contributed by atoms with Gasteiger partial charge in [-0.05, 0) is 54.4 Å². The number of carbonyl (C=O) groups is 1. The van der Waals surface area contributed by atoms with E-state index in [-0.39, 0.29) is 18.4 Å². The molecule has 0 heterocycles. The van der Waals surface area contributed by atoms with E-state index in [0.29, 0.717) is 39.3 Å². The Bertz CT molecular complexity index is 996. The largest absolute Gasteiger partial charge is 0.322 e. The van der Waals surface area contributed by atoms with Crippen LogP contribution in [0.2, 0.25) is 15.1 Å². The first-order valence-electron chi connectivity index (χ1n) is 8.91. The van der Waals surface area contributed by atoms with E-state index in [0.717, 1.165) is 5.56 Å². The van der Waals surface area contributed by atoms with Crippen molar-refractivity contribution in [2.45, 2.75) is 13.0 Å². The first-order valence-corrected chi connectivity index (χ1v) is 10.0. The highest BCUT2D eigenvalue weighted by molar-refractivity contribution is 6.35. The smallest absolute Gasteiger partial charge is 0.320 e. The summed E-state index contributed by atoms with van der Waals surface area (Å²) in [5, 5.41) is 4.47. The van der Waals surface area contributed by atoms with E-state index in [1.165, 1.54) is 11.0 Å². The van der Waals surface area contributed by atoms with Crippen molar-refractivity contribution >= 4 is 46.5 Å². The topological polar surface area (TPSA) is 32.3 Å². The maximum atomic E-state index is 14.1. The lowest BCUT2D eigenvalue weighted by Crippen LogP contribution is -2.36. The molecule has 0 unspecified atom stereocenters. The summed E-state index contributed by atoms with van der Waals surface area (Å²) in [6, 6.07) is 18.1. The van der Waals surface area contributed by atoms with E-state index in [1.54, 1.807) is 54.6 Å². The zero-order valence-corrected chi connectivity index (χ0v) is 17.6. The van der Waals surface area contributed by atoms with Crippen LogP contribution in [0.25, 0.3) is 0 Å². The van der Waals surface area contributed by atoms with Crippen LogP contribution in [-0.4, -0.2) is 17.5 Å². The number of urea groups is 1. The van der Waals surface area contributed by atoms with Gasteiger partial charge in [-0.1, -0.05) is 59.1 Å². The number of benzene rings is 3. The van der Waals surface area contributed by atoms with Crippen molar-refractivity contribution < 1.29 is 9.18 Å². The van der Waals surface area contributed by atoms with E-state index in [4.69, 9.17) is 34.8 Å². The number of hydrogen-bond acceptors (Lipinski definition) is 1. The maximum Gasteiger partial charge on any atom is 0.322 e. The number of nitrogens with zero attached hydrogens (tertiary/aromatic N) is 1. The van der Waals surface area contributed by atoms with Crippen LogP contribution in [0.15, 0.2) is 66.7 Å². The molecule has 0 fully saturated rings. The molecule has 0 saturated carbocycles. The van der Waals surface area contributed by atoms with Crippen molar-refractivity contribution in [1.82, 2.24) is 4.90 Å². The normalized spacial score (nSPS) is 10.6. The molecule has 0 atom stereocenters. The monoisotopic (exact) mass is 450 g/mol. The molecular weight excluding hydrogens is 434 g/mol. The quantitative estimate of drug-likeness (QED) is 0.427. The molecule has 0 saturated heterocycles. The van der Waals surface area contributed by atoms with E-state index in [2.05, 4.69) is 5.32 Å². The summed E-state index contributed by atoms with van der Waals surface area (Å²) < 4.78 is 14.1. The zero-order valence-electron chi connectivity index (χ0n) is 15.3. The van der Waals surface area contributed by atoms with Crippen LogP contribution in [0.5, 0.6) is 0 Å². The van der Waals surface area contributed by atoms with Crippen LogP contribution in [0.1, 0.15) is 11.1 Å². The molecule has 0 aromatic heterocycles. The molecule has 3 aromatic carbocycles. The van der Waals surface area contributed by atoms with Crippen LogP contribution < -0.4 is 5.32 Å². The van der Waals surface area contributed by atoms with Gasteiger partial charge in [-0.3, -0.25) is 0 Å². The van der Waals surface area contributed by atoms with Crippen molar-refractivity contribution in [3.05, 3.63) is 98.7 Å². The molecule has 0 spiro atoms. The predicted octanol–water partition coefficient (Wildman–Crippen LogP) is 7.06. The maximum absolute atomic E-state index is 14.1. The van der Waals surface area contributed by atoms with Crippen LogP contribution in [0, 0.1) is 5.82 Å². The molecule has 7 heteroatoms. The van der Waals surface area contributed by atoms with Gasteiger partial charge in [0.25, 0.3) is 0 Å². The molecule has 2 amide bonds. The average Bonchev–Trinajstić information content (AvgIpc) is 2.69. The number of carbonyl (C=O) groups excluding carboxylic acids is 1. The van der Waals surface area contributed by atoms with E-state index < -0.39 is 0 Å². The third-order valence-electron chi connectivity index (χ3n) is 4.37. The fourth-order valence-corrected chi connectivity index (χ4v) is 3.43. The number of halogens is 4. The highest BCUT2D eigenvalue weighted by Gasteiger charge is 2.17. The Labute approximate surface area is 184 Å². The second kappa shape index (κ2) is 9.97. The Hall–Kier alpha value is -2.27. The second-order valence-electron chi connectivity index (χ2n) is 6.44. The standard InChI is InChI=1S/C22H18Cl3FN2O/c23-17-7-9-19(10-8-17)27-22(29)28(14-16-3-1-2-4-21(16)26)12-11-15-5-6-18(24)13-20(15)25/h1-10,13H,11-12,14H2,(H,27,29). The summed E-state index contributed by atoms with van der Waals surface area (Å²) in [6.45, 7) is 0.465. The summed E-state index contributed by atoms with van der Waals surface area (Å²) >= 11 is 18.1. The van der Waals surface area contributed by atoms with E-state index >= 15 is 0 Å². The van der Waals surface area contributed by atoms with Crippen LogP contribution >= 0.6 is 34.8 Å². The van der Waals surface area contributed by atoms with Gasteiger partial charge in [0.05, 0.1) is 6.54 Å². The molecule has 0 aliphatic rings. The lowest BCUT2D eigenvalue weighted by molar-refractivity contribution is 0.209. The van der Waals surface area contributed by atoms with Crippen molar-refractivity contribution in [3.63, 3.8) is 0 Å². The van der Waals surface area contributed by atoms with Crippen molar-refractivity contribution in [3.8, 4) is 0 Å². The van der Waals surface area contributed by atoms with Gasteiger partial charge in [-0.2, -0.15) is 0 Å². The zero-order chi connectivity index (χ0) is 20.8. The molecule has 3 nitrogen and oxygen atoms in total. The minimum Gasteiger partial charge on any atom is -0.320 e. The first kappa shape index (κ1) is 21.4. The number of nitrogens with one attached hydrogen (secondary N) is 1. The summed E-state index contributed by atoms with van der Waals surface area (Å²) in [5.41, 5.74) is 1.89. The van der Waals surface area contributed by atoms with Gasteiger partial charge in [0.15, 0.2) is 0 Å². The van der Waals surface area contributed by atoms with Gasteiger partial charge < -0.3 is 10.2 Å².